The van der Waals surface area contributed by atoms with Crippen LogP contribution in [0.15, 0.2) is 0 Å². The highest BCUT2D eigenvalue weighted by Crippen LogP contribution is 2.43. The van der Waals surface area contributed by atoms with Gasteiger partial charge in [-0.15, -0.1) is 0 Å². The Morgan fingerprint density at radius 2 is 2.17 bits per heavy atom. The van der Waals surface area contributed by atoms with Crippen molar-refractivity contribution < 1.29 is 10.8 Å². The average molecular weight is 172 g/mol. The fourth-order valence-electron chi connectivity index (χ4n) is 2.18. The summed E-state index contributed by atoms with van der Waals surface area (Å²) in [6.07, 6.45) is 4.64. The number of quaternary nitrogens is 1. The molecule has 1 fully saturated rings. The van der Waals surface area contributed by atoms with Crippen molar-refractivity contribution >= 4 is 0 Å². The molecule has 12 heavy (non-hydrogen) atoms. The van der Waals surface area contributed by atoms with Crippen molar-refractivity contribution in [3.8, 4) is 0 Å². The summed E-state index contributed by atoms with van der Waals surface area (Å²) in [7, 11) is 0. The van der Waals surface area contributed by atoms with E-state index in [1.165, 1.54) is 19.3 Å². The number of aliphatic hydroxyl groups excluding tert-OH is 1. The molecule has 0 aromatic heterocycles. The lowest BCUT2D eigenvalue weighted by Crippen LogP contribution is -2.63. The van der Waals surface area contributed by atoms with E-state index in [2.05, 4.69) is 19.6 Å². The topological polar surface area (TPSA) is 47.9 Å². The molecule has 2 nitrogen and oxygen atoms in total. The van der Waals surface area contributed by atoms with Crippen molar-refractivity contribution in [3.05, 3.63) is 0 Å². The van der Waals surface area contributed by atoms with Gasteiger partial charge in [0, 0.05) is 5.41 Å². The Balaban J connectivity index is 2.59. The first-order valence-corrected chi connectivity index (χ1v) is 5.12. The van der Waals surface area contributed by atoms with Crippen LogP contribution in [0.5, 0.6) is 0 Å². The minimum Gasteiger partial charge on any atom is -0.392 e. The largest absolute Gasteiger partial charge is 0.392 e. The molecule has 1 rings (SSSR count). The SMILES string of the molecule is CCC(O)C(C)(C[NH3+])C1CCC1. The summed E-state index contributed by atoms with van der Waals surface area (Å²) in [6.45, 7) is 5.11. The maximum Gasteiger partial charge on any atom is 0.0822 e. The van der Waals surface area contributed by atoms with Crippen molar-refractivity contribution in [3.63, 3.8) is 0 Å². The summed E-state index contributed by atoms with van der Waals surface area (Å²) in [5, 5.41) is 9.87. The van der Waals surface area contributed by atoms with Crippen LogP contribution < -0.4 is 5.73 Å². The number of hydrogen-bond acceptors (Lipinski definition) is 1. The van der Waals surface area contributed by atoms with E-state index in [0.29, 0.717) is 0 Å². The summed E-state index contributed by atoms with van der Waals surface area (Å²) in [6, 6.07) is 0. The second-order valence-corrected chi connectivity index (χ2v) is 4.31. The van der Waals surface area contributed by atoms with Gasteiger partial charge in [0.1, 0.15) is 0 Å². The molecule has 1 aliphatic carbocycles. The first kappa shape index (κ1) is 10.0. The highest BCUT2D eigenvalue weighted by molar-refractivity contribution is 4.91. The van der Waals surface area contributed by atoms with Crippen LogP contribution in [0.1, 0.15) is 39.5 Å². The number of hydrogen-bond donors (Lipinski definition) is 2. The molecule has 0 aliphatic heterocycles. The predicted molar refractivity (Wildman–Crippen MR) is 49.5 cm³/mol. The Kier molecular flexibility index (Phi) is 3.13. The van der Waals surface area contributed by atoms with Gasteiger partial charge in [-0.25, -0.2) is 0 Å². The van der Waals surface area contributed by atoms with Gasteiger partial charge in [-0.1, -0.05) is 20.3 Å². The van der Waals surface area contributed by atoms with Crippen LogP contribution >= 0.6 is 0 Å². The van der Waals surface area contributed by atoms with Crippen molar-refractivity contribution in [2.24, 2.45) is 11.3 Å². The molecule has 0 amide bonds. The summed E-state index contributed by atoms with van der Waals surface area (Å²) in [5.74, 6) is 0.727. The van der Waals surface area contributed by atoms with Crippen LogP contribution in [0.4, 0.5) is 0 Å². The molecule has 1 aliphatic rings. The van der Waals surface area contributed by atoms with E-state index >= 15 is 0 Å². The molecule has 4 N–H and O–H groups in total. The van der Waals surface area contributed by atoms with Crippen molar-refractivity contribution in [1.82, 2.24) is 0 Å². The second-order valence-electron chi connectivity index (χ2n) is 4.31. The molecular formula is C10H22NO+. The molecular weight excluding hydrogens is 150 g/mol. The van der Waals surface area contributed by atoms with Crippen molar-refractivity contribution in [2.75, 3.05) is 6.54 Å². The Hall–Kier alpha value is -0.0800. The van der Waals surface area contributed by atoms with E-state index in [1.807, 2.05) is 0 Å². The Bertz CT molecular complexity index is 138. The highest BCUT2D eigenvalue weighted by atomic mass is 16.3. The first-order valence-electron chi connectivity index (χ1n) is 5.12. The standard InChI is InChI=1S/C10H21NO/c1-3-9(12)10(2,7-11)8-5-4-6-8/h8-9,12H,3-7,11H2,1-2H3/p+1. The molecule has 2 heteroatoms. The van der Waals surface area contributed by atoms with Gasteiger partial charge in [0.15, 0.2) is 0 Å². The zero-order valence-corrected chi connectivity index (χ0v) is 8.34. The summed E-state index contributed by atoms with van der Waals surface area (Å²) >= 11 is 0. The predicted octanol–water partition coefficient (Wildman–Crippen LogP) is 0.806. The quantitative estimate of drug-likeness (QED) is 0.647. The molecule has 0 aromatic rings. The Labute approximate surface area is 75.2 Å². The van der Waals surface area contributed by atoms with Crippen LogP contribution in [0.2, 0.25) is 0 Å². The van der Waals surface area contributed by atoms with Crippen molar-refractivity contribution in [1.29, 1.82) is 0 Å². The molecule has 0 spiro atoms. The molecule has 1 saturated carbocycles. The van der Waals surface area contributed by atoms with E-state index in [9.17, 15) is 5.11 Å². The minimum atomic E-state index is -0.153. The maximum absolute atomic E-state index is 9.87. The molecule has 0 bridgehead atoms. The van der Waals surface area contributed by atoms with Gasteiger partial charge in [-0.3, -0.25) is 0 Å². The van der Waals surface area contributed by atoms with E-state index in [-0.39, 0.29) is 11.5 Å². The molecule has 2 unspecified atom stereocenters. The zero-order valence-electron chi connectivity index (χ0n) is 8.34. The third kappa shape index (κ3) is 1.50. The third-order valence-electron chi connectivity index (χ3n) is 3.72. The zero-order chi connectivity index (χ0) is 9.19. The fraction of sp³-hybridized carbons (Fsp3) is 1.00. The fourth-order valence-corrected chi connectivity index (χ4v) is 2.18. The van der Waals surface area contributed by atoms with Gasteiger partial charge >= 0.3 is 0 Å². The summed E-state index contributed by atoms with van der Waals surface area (Å²) in [5.41, 5.74) is 4.06. The van der Waals surface area contributed by atoms with Gasteiger partial charge in [0.25, 0.3) is 0 Å². The maximum atomic E-state index is 9.87. The number of aliphatic hydroxyl groups is 1. The summed E-state index contributed by atoms with van der Waals surface area (Å²) < 4.78 is 0. The molecule has 0 heterocycles. The van der Waals surface area contributed by atoms with Gasteiger partial charge in [0.05, 0.1) is 12.6 Å². The molecule has 72 valence electrons. The van der Waals surface area contributed by atoms with Gasteiger partial charge in [-0.2, -0.15) is 0 Å². The van der Waals surface area contributed by atoms with Gasteiger partial charge in [0.2, 0.25) is 0 Å². The van der Waals surface area contributed by atoms with Gasteiger partial charge < -0.3 is 10.8 Å². The smallest absolute Gasteiger partial charge is 0.0822 e. The van der Waals surface area contributed by atoms with Crippen LogP contribution in [0.25, 0.3) is 0 Å². The number of rotatable bonds is 4. The molecule has 0 radical (unpaired) electrons. The lowest BCUT2D eigenvalue weighted by atomic mass is 9.63. The van der Waals surface area contributed by atoms with Crippen LogP contribution in [0, 0.1) is 11.3 Å². The first-order chi connectivity index (χ1) is 5.65. The van der Waals surface area contributed by atoms with Gasteiger partial charge in [-0.05, 0) is 25.2 Å². The third-order valence-corrected chi connectivity index (χ3v) is 3.72. The normalized spacial score (nSPS) is 26.0. The average Bonchev–Trinajstić information content (AvgIpc) is 1.99. The molecule has 2 atom stereocenters. The lowest BCUT2D eigenvalue weighted by molar-refractivity contribution is -0.404. The monoisotopic (exact) mass is 172 g/mol. The van der Waals surface area contributed by atoms with Crippen LogP contribution in [-0.4, -0.2) is 17.8 Å². The lowest BCUT2D eigenvalue weighted by Gasteiger charge is -2.43. The van der Waals surface area contributed by atoms with Crippen LogP contribution in [0.3, 0.4) is 0 Å². The summed E-state index contributed by atoms with van der Waals surface area (Å²) in [4.78, 5) is 0. The second kappa shape index (κ2) is 3.75. The van der Waals surface area contributed by atoms with E-state index in [4.69, 9.17) is 0 Å². The Morgan fingerprint density at radius 3 is 2.42 bits per heavy atom. The van der Waals surface area contributed by atoms with Crippen LogP contribution in [-0.2, 0) is 0 Å². The van der Waals surface area contributed by atoms with E-state index < -0.39 is 0 Å². The minimum absolute atomic E-state index is 0.0903. The van der Waals surface area contributed by atoms with E-state index in [1.54, 1.807) is 0 Å². The van der Waals surface area contributed by atoms with E-state index in [0.717, 1.165) is 18.9 Å². The Morgan fingerprint density at radius 1 is 1.58 bits per heavy atom. The molecule has 0 saturated heterocycles. The van der Waals surface area contributed by atoms with Crippen molar-refractivity contribution in [2.45, 2.75) is 45.6 Å². The highest BCUT2D eigenvalue weighted by Gasteiger charge is 2.43. The molecule has 0 aromatic carbocycles.